The topological polar surface area (TPSA) is 34.1 Å². The summed E-state index contributed by atoms with van der Waals surface area (Å²) in [7, 11) is 1.92. The molecule has 0 atom stereocenters. The number of nitrogens with zero attached hydrogens (tertiary/aromatic N) is 1. The molecule has 0 amide bonds. The van der Waals surface area contributed by atoms with Crippen LogP contribution in [0.15, 0.2) is 58.9 Å². The fraction of sp³-hybridized carbons (Fsp3) is 0.211. The summed E-state index contributed by atoms with van der Waals surface area (Å²) in [4.78, 5) is 5.67. The zero-order valence-corrected chi connectivity index (χ0v) is 16.3. The molecule has 0 aliphatic heterocycles. The van der Waals surface area contributed by atoms with Crippen LogP contribution < -0.4 is 10.1 Å². The fourth-order valence-electron chi connectivity index (χ4n) is 2.31. The number of hydrogen-bond acceptors (Lipinski definition) is 5. The number of aromatic nitrogens is 1. The van der Waals surface area contributed by atoms with Crippen molar-refractivity contribution >= 4 is 34.7 Å². The first kappa shape index (κ1) is 18.3. The molecule has 0 saturated carbocycles. The quantitative estimate of drug-likeness (QED) is 0.415. The van der Waals surface area contributed by atoms with Crippen molar-refractivity contribution in [3.8, 4) is 16.3 Å². The highest BCUT2D eigenvalue weighted by Crippen LogP contribution is 2.40. The summed E-state index contributed by atoms with van der Waals surface area (Å²) in [5.41, 5.74) is 2.31. The number of ether oxygens (including phenoxy) is 1. The van der Waals surface area contributed by atoms with Crippen LogP contribution in [0.1, 0.15) is 5.56 Å². The molecule has 0 bridgehead atoms. The zero-order chi connectivity index (χ0) is 17.5. The van der Waals surface area contributed by atoms with Gasteiger partial charge in [-0.2, -0.15) is 0 Å². The van der Waals surface area contributed by atoms with Gasteiger partial charge in [0.25, 0.3) is 0 Å². The summed E-state index contributed by atoms with van der Waals surface area (Å²) in [5.74, 6) is 1.75. The fourth-order valence-corrected chi connectivity index (χ4v) is 4.24. The van der Waals surface area contributed by atoms with Gasteiger partial charge in [0.15, 0.2) is 0 Å². The molecule has 3 aromatic rings. The SMILES string of the molecule is CNCCOc1cccc(SCc2ccc(Cl)cc2)c1-c1nccs1. The van der Waals surface area contributed by atoms with Crippen molar-refractivity contribution in [2.75, 3.05) is 20.2 Å². The molecule has 0 spiro atoms. The highest BCUT2D eigenvalue weighted by atomic mass is 35.5. The van der Waals surface area contributed by atoms with Crippen molar-refractivity contribution in [1.82, 2.24) is 10.3 Å². The van der Waals surface area contributed by atoms with Crippen molar-refractivity contribution in [3.63, 3.8) is 0 Å². The maximum absolute atomic E-state index is 5.98. The second kappa shape index (κ2) is 9.25. The average Bonchev–Trinajstić information content (AvgIpc) is 3.16. The van der Waals surface area contributed by atoms with Gasteiger partial charge < -0.3 is 10.1 Å². The first-order valence-corrected chi connectivity index (χ1v) is 10.2. The van der Waals surface area contributed by atoms with Crippen molar-refractivity contribution in [2.24, 2.45) is 0 Å². The van der Waals surface area contributed by atoms with Crippen LogP contribution in [0.3, 0.4) is 0 Å². The molecule has 0 aliphatic carbocycles. The molecule has 0 unspecified atom stereocenters. The third-order valence-electron chi connectivity index (χ3n) is 3.55. The lowest BCUT2D eigenvalue weighted by atomic mass is 10.2. The maximum Gasteiger partial charge on any atom is 0.130 e. The third kappa shape index (κ3) is 4.98. The van der Waals surface area contributed by atoms with Crippen LogP contribution >= 0.6 is 34.7 Å². The second-order valence-electron chi connectivity index (χ2n) is 5.33. The molecule has 0 radical (unpaired) electrons. The highest BCUT2D eigenvalue weighted by molar-refractivity contribution is 7.98. The predicted octanol–water partition coefficient (Wildman–Crippen LogP) is 5.35. The summed E-state index contributed by atoms with van der Waals surface area (Å²) in [6.45, 7) is 1.43. The Bertz CT molecular complexity index is 792. The van der Waals surface area contributed by atoms with E-state index >= 15 is 0 Å². The van der Waals surface area contributed by atoms with Gasteiger partial charge in [-0.1, -0.05) is 29.8 Å². The Balaban J connectivity index is 1.84. The van der Waals surface area contributed by atoms with Gasteiger partial charge in [0.2, 0.25) is 0 Å². The molecule has 6 heteroatoms. The molecule has 1 aromatic heterocycles. The monoisotopic (exact) mass is 390 g/mol. The van der Waals surface area contributed by atoms with Crippen molar-refractivity contribution in [3.05, 3.63) is 64.6 Å². The van der Waals surface area contributed by atoms with E-state index in [1.54, 1.807) is 23.1 Å². The highest BCUT2D eigenvalue weighted by Gasteiger charge is 2.15. The van der Waals surface area contributed by atoms with Gasteiger partial charge in [0.05, 0.1) is 5.56 Å². The van der Waals surface area contributed by atoms with E-state index < -0.39 is 0 Å². The minimum atomic E-state index is 0.625. The summed E-state index contributed by atoms with van der Waals surface area (Å²) in [6.07, 6.45) is 1.83. The predicted molar refractivity (Wildman–Crippen MR) is 108 cm³/mol. The summed E-state index contributed by atoms with van der Waals surface area (Å²) in [6, 6.07) is 14.2. The summed E-state index contributed by atoms with van der Waals surface area (Å²) < 4.78 is 5.98. The largest absolute Gasteiger partial charge is 0.491 e. The number of likely N-dealkylation sites (N-methyl/N-ethyl adjacent to an activating group) is 1. The van der Waals surface area contributed by atoms with E-state index in [4.69, 9.17) is 16.3 Å². The maximum atomic E-state index is 5.98. The molecule has 0 aliphatic rings. The number of thioether (sulfide) groups is 1. The van der Waals surface area contributed by atoms with Crippen LogP contribution in [-0.4, -0.2) is 25.2 Å². The number of halogens is 1. The van der Waals surface area contributed by atoms with Gasteiger partial charge in [-0.15, -0.1) is 23.1 Å². The Labute approximate surface area is 161 Å². The molecule has 1 heterocycles. The van der Waals surface area contributed by atoms with Gasteiger partial charge in [-0.25, -0.2) is 4.98 Å². The number of rotatable bonds is 8. The van der Waals surface area contributed by atoms with E-state index in [9.17, 15) is 0 Å². The Kier molecular flexibility index (Phi) is 6.76. The molecule has 25 heavy (non-hydrogen) atoms. The smallest absolute Gasteiger partial charge is 0.130 e. The van der Waals surface area contributed by atoms with Gasteiger partial charge in [-0.05, 0) is 36.9 Å². The van der Waals surface area contributed by atoms with Crippen LogP contribution in [0, 0.1) is 0 Å². The number of thiazole rings is 1. The lowest BCUT2D eigenvalue weighted by Gasteiger charge is -2.14. The first-order valence-electron chi connectivity index (χ1n) is 7.95. The lowest BCUT2D eigenvalue weighted by Crippen LogP contribution is -2.16. The van der Waals surface area contributed by atoms with E-state index in [1.165, 1.54) is 10.5 Å². The Hall–Kier alpha value is -1.53. The van der Waals surface area contributed by atoms with Crippen LogP contribution in [-0.2, 0) is 5.75 Å². The average molecular weight is 391 g/mol. The number of hydrogen-bond donors (Lipinski definition) is 1. The van der Waals surface area contributed by atoms with Crippen LogP contribution in [0.5, 0.6) is 5.75 Å². The van der Waals surface area contributed by atoms with Crippen molar-refractivity contribution in [2.45, 2.75) is 10.6 Å². The van der Waals surface area contributed by atoms with Crippen LogP contribution in [0.25, 0.3) is 10.6 Å². The first-order chi connectivity index (χ1) is 12.3. The summed E-state index contributed by atoms with van der Waals surface area (Å²) >= 11 is 9.38. The molecule has 0 fully saturated rings. The summed E-state index contributed by atoms with van der Waals surface area (Å²) in [5, 5.41) is 6.84. The van der Waals surface area contributed by atoms with E-state index in [0.29, 0.717) is 6.61 Å². The zero-order valence-electron chi connectivity index (χ0n) is 13.9. The van der Waals surface area contributed by atoms with E-state index in [2.05, 4.69) is 28.5 Å². The van der Waals surface area contributed by atoms with E-state index in [1.807, 2.05) is 42.9 Å². The molecule has 1 N–H and O–H groups in total. The lowest BCUT2D eigenvalue weighted by molar-refractivity contribution is 0.319. The molecule has 2 aromatic carbocycles. The number of nitrogens with one attached hydrogen (secondary N) is 1. The van der Waals surface area contributed by atoms with Crippen molar-refractivity contribution in [1.29, 1.82) is 0 Å². The minimum Gasteiger partial charge on any atom is -0.491 e. The van der Waals surface area contributed by atoms with Gasteiger partial charge in [0, 0.05) is 33.8 Å². The molecule has 0 saturated heterocycles. The Morgan fingerprint density at radius 1 is 1.20 bits per heavy atom. The van der Waals surface area contributed by atoms with Gasteiger partial charge in [0.1, 0.15) is 17.4 Å². The Morgan fingerprint density at radius 3 is 2.76 bits per heavy atom. The van der Waals surface area contributed by atoms with Crippen molar-refractivity contribution < 1.29 is 4.74 Å². The van der Waals surface area contributed by atoms with Gasteiger partial charge >= 0.3 is 0 Å². The molecular formula is C19H19ClN2OS2. The van der Waals surface area contributed by atoms with E-state index in [-0.39, 0.29) is 0 Å². The molecule has 130 valence electrons. The normalized spacial score (nSPS) is 10.8. The minimum absolute atomic E-state index is 0.625. The molecule has 3 rings (SSSR count). The standard InChI is InChI=1S/C19H19ClN2OS2/c1-21-9-11-23-16-3-2-4-17(18(16)19-22-10-12-24-19)25-13-14-5-7-15(20)8-6-14/h2-8,10,12,21H,9,11,13H2,1H3. The molecular weight excluding hydrogens is 372 g/mol. The second-order valence-corrected chi connectivity index (χ2v) is 7.68. The van der Waals surface area contributed by atoms with Crippen LogP contribution in [0.2, 0.25) is 5.02 Å². The van der Waals surface area contributed by atoms with Crippen LogP contribution in [0.4, 0.5) is 0 Å². The Morgan fingerprint density at radius 2 is 2.04 bits per heavy atom. The number of benzene rings is 2. The van der Waals surface area contributed by atoms with Gasteiger partial charge in [-0.3, -0.25) is 0 Å². The molecule has 3 nitrogen and oxygen atoms in total. The van der Waals surface area contributed by atoms with E-state index in [0.717, 1.165) is 33.6 Å². The third-order valence-corrected chi connectivity index (χ3v) is 5.72.